The van der Waals surface area contributed by atoms with Gasteiger partial charge in [-0.2, -0.15) is 0 Å². The van der Waals surface area contributed by atoms with Crippen LogP contribution in [0.1, 0.15) is 22.0 Å². The van der Waals surface area contributed by atoms with Gasteiger partial charge in [0.15, 0.2) is 0 Å². The lowest BCUT2D eigenvalue weighted by molar-refractivity contribution is 0.0941. The van der Waals surface area contributed by atoms with Crippen molar-refractivity contribution in [2.75, 3.05) is 0 Å². The molecule has 15 heavy (non-hydrogen) atoms. The summed E-state index contributed by atoms with van der Waals surface area (Å²) in [4.78, 5) is 15.4. The Morgan fingerprint density at radius 1 is 1.67 bits per heavy atom. The average Bonchev–Trinajstić information content (AvgIpc) is 2.84. The molecule has 6 heteroatoms. The zero-order chi connectivity index (χ0) is 10.7. The van der Waals surface area contributed by atoms with Crippen molar-refractivity contribution in [3.05, 3.63) is 35.8 Å². The van der Waals surface area contributed by atoms with Crippen LogP contribution in [-0.4, -0.2) is 21.1 Å². The molecule has 0 aliphatic carbocycles. The van der Waals surface area contributed by atoms with E-state index in [1.165, 1.54) is 0 Å². The normalized spacial score (nSPS) is 10.2. The zero-order valence-electron chi connectivity index (χ0n) is 8.15. The molecule has 0 aromatic carbocycles. The topological polar surface area (TPSA) is 83.8 Å². The van der Waals surface area contributed by atoms with Crippen molar-refractivity contribution in [1.82, 2.24) is 20.5 Å². The number of hydrogen-bond donors (Lipinski definition) is 2. The predicted octanol–water partition coefficient (Wildman–Crippen LogP) is 0.636. The van der Waals surface area contributed by atoms with E-state index in [0.717, 1.165) is 5.56 Å². The predicted molar refractivity (Wildman–Crippen MR) is 51.0 cm³/mol. The largest absolute Gasteiger partial charge is 0.472 e. The van der Waals surface area contributed by atoms with E-state index in [2.05, 4.69) is 20.5 Å². The molecule has 2 rings (SSSR count). The number of aryl methyl sites for hydroxylation is 1. The summed E-state index contributed by atoms with van der Waals surface area (Å²) >= 11 is 0. The first-order valence-electron chi connectivity index (χ1n) is 4.44. The van der Waals surface area contributed by atoms with Crippen molar-refractivity contribution in [3.8, 4) is 0 Å². The average molecular weight is 206 g/mol. The van der Waals surface area contributed by atoms with Crippen LogP contribution in [0.15, 0.2) is 23.0 Å². The number of H-pyrrole nitrogens is 1. The molecule has 0 saturated heterocycles. The van der Waals surface area contributed by atoms with E-state index in [-0.39, 0.29) is 11.7 Å². The van der Waals surface area contributed by atoms with Gasteiger partial charge in [-0.1, -0.05) is 0 Å². The fraction of sp³-hybridized carbons (Fsp3) is 0.222. The Labute approximate surface area is 85.7 Å². The summed E-state index contributed by atoms with van der Waals surface area (Å²) in [5, 5.41) is 9.02. The first-order chi connectivity index (χ1) is 7.25. The Kier molecular flexibility index (Phi) is 2.49. The Morgan fingerprint density at radius 2 is 2.53 bits per heavy atom. The molecule has 0 bridgehead atoms. The van der Waals surface area contributed by atoms with Crippen molar-refractivity contribution in [2.24, 2.45) is 0 Å². The van der Waals surface area contributed by atoms with Crippen LogP contribution in [0.3, 0.4) is 0 Å². The fourth-order valence-electron chi connectivity index (χ4n) is 1.10. The standard InChI is InChI=1S/C9H10N4O2/c1-6-11-8(13-12-6)9(14)10-4-7-2-3-15-5-7/h2-3,5H,4H2,1H3,(H,10,14)(H,11,12,13). The molecular weight excluding hydrogens is 196 g/mol. The van der Waals surface area contributed by atoms with Crippen LogP contribution in [0.4, 0.5) is 0 Å². The Hall–Kier alpha value is -2.11. The van der Waals surface area contributed by atoms with Gasteiger partial charge in [-0.3, -0.25) is 9.89 Å². The number of rotatable bonds is 3. The van der Waals surface area contributed by atoms with Crippen molar-refractivity contribution >= 4 is 5.91 Å². The van der Waals surface area contributed by atoms with Crippen LogP contribution in [0, 0.1) is 6.92 Å². The molecule has 2 N–H and O–H groups in total. The molecular formula is C9H10N4O2. The minimum absolute atomic E-state index is 0.149. The van der Waals surface area contributed by atoms with Crippen LogP contribution < -0.4 is 5.32 Å². The van der Waals surface area contributed by atoms with Crippen LogP contribution in [0.2, 0.25) is 0 Å². The number of amides is 1. The molecule has 1 amide bonds. The van der Waals surface area contributed by atoms with Crippen LogP contribution in [0.5, 0.6) is 0 Å². The Bertz CT molecular complexity index is 446. The van der Waals surface area contributed by atoms with Crippen molar-refractivity contribution in [3.63, 3.8) is 0 Å². The third kappa shape index (κ3) is 2.22. The van der Waals surface area contributed by atoms with E-state index < -0.39 is 0 Å². The highest BCUT2D eigenvalue weighted by Gasteiger charge is 2.10. The monoisotopic (exact) mass is 206 g/mol. The minimum atomic E-state index is -0.305. The first-order valence-corrected chi connectivity index (χ1v) is 4.44. The van der Waals surface area contributed by atoms with Gasteiger partial charge in [-0.05, 0) is 13.0 Å². The second-order valence-electron chi connectivity index (χ2n) is 3.06. The fourth-order valence-corrected chi connectivity index (χ4v) is 1.10. The quantitative estimate of drug-likeness (QED) is 0.771. The second-order valence-corrected chi connectivity index (χ2v) is 3.06. The molecule has 0 aliphatic heterocycles. The van der Waals surface area contributed by atoms with Crippen LogP contribution >= 0.6 is 0 Å². The molecule has 0 fully saturated rings. The highest BCUT2D eigenvalue weighted by atomic mass is 16.3. The van der Waals surface area contributed by atoms with Gasteiger partial charge in [0.05, 0.1) is 12.5 Å². The highest BCUT2D eigenvalue weighted by Crippen LogP contribution is 1.99. The number of carbonyl (C=O) groups excluding carboxylic acids is 1. The van der Waals surface area contributed by atoms with Gasteiger partial charge in [-0.15, -0.1) is 5.10 Å². The lowest BCUT2D eigenvalue weighted by atomic mass is 10.3. The van der Waals surface area contributed by atoms with Gasteiger partial charge < -0.3 is 9.73 Å². The molecule has 6 nitrogen and oxygen atoms in total. The maximum Gasteiger partial charge on any atom is 0.291 e. The van der Waals surface area contributed by atoms with Crippen LogP contribution in [0.25, 0.3) is 0 Å². The van der Waals surface area contributed by atoms with E-state index in [1.54, 1.807) is 25.5 Å². The number of aromatic nitrogens is 3. The first kappa shape index (κ1) is 9.45. The molecule has 78 valence electrons. The highest BCUT2D eigenvalue weighted by molar-refractivity contribution is 5.90. The van der Waals surface area contributed by atoms with Gasteiger partial charge in [-0.25, -0.2) is 4.98 Å². The molecule has 0 atom stereocenters. The van der Waals surface area contributed by atoms with E-state index in [9.17, 15) is 4.79 Å². The van der Waals surface area contributed by atoms with Crippen LogP contribution in [-0.2, 0) is 6.54 Å². The minimum Gasteiger partial charge on any atom is -0.472 e. The smallest absolute Gasteiger partial charge is 0.291 e. The number of nitrogens with zero attached hydrogens (tertiary/aromatic N) is 2. The molecule has 0 saturated carbocycles. The number of aromatic amines is 1. The summed E-state index contributed by atoms with van der Waals surface area (Å²) in [5.41, 5.74) is 0.899. The van der Waals surface area contributed by atoms with E-state index in [4.69, 9.17) is 4.42 Å². The third-order valence-corrected chi connectivity index (χ3v) is 1.83. The van der Waals surface area contributed by atoms with Gasteiger partial charge in [0.1, 0.15) is 5.82 Å². The molecule has 2 aromatic rings. The third-order valence-electron chi connectivity index (χ3n) is 1.83. The van der Waals surface area contributed by atoms with Gasteiger partial charge >= 0.3 is 0 Å². The molecule has 2 heterocycles. The summed E-state index contributed by atoms with van der Waals surface area (Å²) < 4.78 is 4.87. The lowest BCUT2D eigenvalue weighted by Gasteiger charge is -1.98. The maximum absolute atomic E-state index is 11.5. The molecule has 0 radical (unpaired) electrons. The van der Waals surface area contributed by atoms with E-state index in [0.29, 0.717) is 12.4 Å². The summed E-state index contributed by atoms with van der Waals surface area (Å²) in [6, 6.07) is 1.78. The van der Waals surface area contributed by atoms with Gasteiger partial charge in [0.2, 0.25) is 5.82 Å². The summed E-state index contributed by atoms with van der Waals surface area (Å²) in [7, 11) is 0. The number of furan rings is 1. The second kappa shape index (κ2) is 3.95. The molecule has 0 unspecified atom stereocenters. The van der Waals surface area contributed by atoms with Crippen molar-refractivity contribution in [2.45, 2.75) is 13.5 Å². The summed E-state index contributed by atoms with van der Waals surface area (Å²) in [6.45, 7) is 2.14. The summed E-state index contributed by atoms with van der Waals surface area (Å²) in [6.07, 6.45) is 3.13. The molecule has 0 aliphatic rings. The Morgan fingerprint density at radius 3 is 3.13 bits per heavy atom. The molecule has 0 spiro atoms. The summed E-state index contributed by atoms with van der Waals surface area (Å²) in [5.74, 6) is 0.458. The Balaban J connectivity index is 1.93. The van der Waals surface area contributed by atoms with Gasteiger partial charge in [0, 0.05) is 12.1 Å². The van der Waals surface area contributed by atoms with E-state index >= 15 is 0 Å². The number of nitrogens with one attached hydrogen (secondary N) is 2. The maximum atomic E-state index is 11.5. The number of carbonyl (C=O) groups is 1. The lowest BCUT2D eigenvalue weighted by Crippen LogP contribution is -2.23. The van der Waals surface area contributed by atoms with Crippen molar-refractivity contribution in [1.29, 1.82) is 0 Å². The van der Waals surface area contributed by atoms with Gasteiger partial charge in [0.25, 0.3) is 5.91 Å². The molecule has 2 aromatic heterocycles. The zero-order valence-corrected chi connectivity index (χ0v) is 8.15. The SMILES string of the molecule is Cc1nc(C(=O)NCc2ccoc2)n[nH]1. The van der Waals surface area contributed by atoms with E-state index in [1.807, 2.05) is 0 Å². The van der Waals surface area contributed by atoms with Crippen molar-refractivity contribution < 1.29 is 9.21 Å². The number of hydrogen-bond acceptors (Lipinski definition) is 4.